The normalized spacial score (nSPS) is 16.7. The van der Waals surface area contributed by atoms with Gasteiger partial charge in [-0.25, -0.2) is 4.98 Å². The Hall–Kier alpha value is -1.03. The Morgan fingerprint density at radius 3 is 2.79 bits per heavy atom. The Labute approximate surface area is 122 Å². The van der Waals surface area contributed by atoms with Crippen LogP contribution >= 0.6 is 23.2 Å². The highest BCUT2D eigenvalue weighted by atomic mass is 35.5. The lowest BCUT2D eigenvalue weighted by Crippen LogP contribution is -2.29. The fourth-order valence-electron chi connectivity index (χ4n) is 2.58. The summed E-state index contributed by atoms with van der Waals surface area (Å²) in [4.78, 5) is 4.46. The third-order valence-electron chi connectivity index (χ3n) is 3.56. The van der Waals surface area contributed by atoms with E-state index in [1.807, 2.05) is 24.5 Å². The van der Waals surface area contributed by atoms with Crippen LogP contribution in [0.4, 0.5) is 0 Å². The van der Waals surface area contributed by atoms with E-state index in [0.717, 1.165) is 37.3 Å². The summed E-state index contributed by atoms with van der Waals surface area (Å²) < 4.78 is 2.22. The summed E-state index contributed by atoms with van der Waals surface area (Å²) in [6.07, 6.45) is 6.08. The molecule has 0 saturated carbocycles. The Morgan fingerprint density at radius 2 is 2.00 bits per heavy atom. The molecule has 1 aromatic carbocycles. The molecule has 0 amide bonds. The summed E-state index contributed by atoms with van der Waals surface area (Å²) in [6, 6.07) is 6.15. The molecule has 2 aromatic rings. The van der Waals surface area contributed by atoms with Crippen molar-refractivity contribution in [1.82, 2.24) is 14.9 Å². The van der Waals surface area contributed by atoms with Crippen LogP contribution in [-0.4, -0.2) is 22.6 Å². The van der Waals surface area contributed by atoms with E-state index in [0.29, 0.717) is 16.1 Å². The molecular weight excluding hydrogens is 281 g/mol. The molecule has 3 rings (SSSR count). The lowest BCUT2D eigenvalue weighted by molar-refractivity contribution is 0.370. The Bertz CT molecular complexity index is 574. The molecule has 1 N–H and O–H groups in total. The van der Waals surface area contributed by atoms with E-state index >= 15 is 0 Å². The Balaban J connectivity index is 2.01. The quantitative estimate of drug-likeness (QED) is 0.914. The van der Waals surface area contributed by atoms with E-state index in [-0.39, 0.29) is 0 Å². The molecule has 3 nitrogen and oxygen atoms in total. The fraction of sp³-hybridized carbons (Fsp3) is 0.357. The predicted molar refractivity (Wildman–Crippen MR) is 78.8 cm³/mol. The van der Waals surface area contributed by atoms with Crippen LogP contribution in [0, 0.1) is 0 Å². The number of hydrogen-bond acceptors (Lipinski definition) is 2. The zero-order valence-corrected chi connectivity index (χ0v) is 12.0. The fourth-order valence-corrected chi connectivity index (χ4v) is 2.96. The highest BCUT2D eigenvalue weighted by molar-refractivity contribution is 6.43. The minimum atomic E-state index is 0.480. The highest BCUT2D eigenvalue weighted by Crippen LogP contribution is 2.34. The average Bonchev–Trinajstić information content (AvgIpc) is 2.92. The van der Waals surface area contributed by atoms with Crippen LogP contribution in [0.25, 0.3) is 11.4 Å². The number of nitrogens with zero attached hydrogens (tertiary/aromatic N) is 2. The molecule has 1 saturated heterocycles. The van der Waals surface area contributed by atoms with Gasteiger partial charge in [-0.3, -0.25) is 0 Å². The van der Waals surface area contributed by atoms with Gasteiger partial charge in [0.1, 0.15) is 5.82 Å². The molecule has 0 atom stereocenters. The minimum absolute atomic E-state index is 0.480. The molecule has 1 aliphatic heterocycles. The molecule has 19 heavy (non-hydrogen) atoms. The SMILES string of the molecule is Clc1cccc(-c2nccn2C2CCNCC2)c1Cl. The monoisotopic (exact) mass is 295 g/mol. The number of imidazole rings is 1. The van der Waals surface area contributed by atoms with Crippen LogP contribution in [0.3, 0.4) is 0 Å². The molecular formula is C14H15Cl2N3. The van der Waals surface area contributed by atoms with Gasteiger partial charge in [-0.1, -0.05) is 29.3 Å². The van der Waals surface area contributed by atoms with E-state index < -0.39 is 0 Å². The van der Waals surface area contributed by atoms with Gasteiger partial charge in [0.25, 0.3) is 0 Å². The summed E-state index contributed by atoms with van der Waals surface area (Å²) in [7, 11) is 0. The van der Waals surface area contributed by atoms with E-state index in [1.54, 1.807) is 6.07 Å². The van der Waals surface area contributed by atoms with Gasteiger partial charge in [-0.05, 0) is 38.1 Å². The molecule has 0 aliphatic carbocycles. The van der Waals surface area contributed by atoms with Gasteiger partial charge in [0.05, 0.1) is 10.0 Å². The van der Waals surface area contributed by atoms with Crippen molar-refractivity contribution >= 4 is 23.2 Å². The van der Waals surface area contributed by atoms with Gasteiger partial charge >= 0.3 is 0 Å². The van der Waals surface area contributed by atoms with Crippen LogP contribution < -0.4 is 5.32 Å². The first-order valence-electron chi connectivity index (χ1n) is 6.45. The van der Waals surface area contributed by atoms with E-state index in [2.05, 4.69) is 14.9 Å². The number of piperidine rings is 1. The van der Waals surface area contributed by atoms with Crippen molar-refractivity contribution in [1.29, 1.82) is 0 Å². The van der Waals surface area contributed by atoms with E-state index in [1.165, 1.54) is 0 Å². The third kappa shape index (κ3) is 2.50. The average molecular weight is 296 g/mol. The number of benzene rings is 1. The van der Waals surface area contributed by atoms with Crippen molar-refractivity contribution in [3.63, 3.8) is 0 Å². The smallest absolute Gasteiger partial charge is 0.141 e. The van der Waals surface area contributed by atoms with Crippen molar-refractivity contribution in [2.24, 2.45) is 0 Å². The standard InChI is InChI=1S/C14H15Cl2N3/c15-12-3-1-2-11(13(12)16)14-18-8-9-19(14)10-4-6-17-7-5-10/h1-3,8-10,17H,4-7H2. The molecule has 0 bridgehead atoms. The van der Waals surface area contributed by atoms with Crippen molar-refractivity contribution in [3.8, 4) is 11.4 Å². The highest BCUT2D eigenvalue weighted by Gasteiger charge is 2.19. The lowest BCUT2D eigenvalue weighted by atomic mass is 10.1. The minimum Gasteiger partial charge on any atom is -0.328 e. The van der Waals surface area contributed by atoms with Gasteiger partial charge in [0.2, 0.25) is 0 Å². The second-order valence-corrected chi connectivity index (χ2v) is 5.53. The zero-order valence-electron chi connectivity index (χ0n) is 10.4. The number of halogens is 2. The maximum absolute atomic E-state index is 6.30. The van der Waals surface area contributed by atoms with Crippen molar-refractivity contribution < 1.29 is 0 Å². The molecule has 1 aliphatic rings. The first-order valence-corrected chi connectivity index (χ1v) is 7.21. The first kappa shape index (κ1) is 13.0. The third-order valence-corrected chi connectivity index (χ3v) is 4.38. The second kappa shape index (κ2) is 5.53. The Morgan fingerprint density at radius 1 is 1.21 bits per heavy atom. The van der Waals surface area contributed by atoms with Crippen LogP contribution in [0.15, 0.2) is 30.6 Å². The Kier molecular flexibility index (Phi) is 3.78. The largest absolute Gasteiger partial charge is 0.328 e. The maximum Gasteiger partial charge on any atom is 0.141 e. The zero-order chi connectivity index (χ0) is 13.2. The van der Waals surface area contributed by atoms with Crippen LogP contribution in [0.1, 0.15) is 18.9 Å². The predicted octanol–water partition coefficient (Wildman–Crippen LogP) is 3.78. The number of nitrogens with one attached hydrogen (secondary N) is 1. The topological polar surface area (TPSA) is 29.9 Å². The van der Waals surface area contributed by atoms with Gasteiger partial charge < -0.3 is 9.88 Å². The number of aromatic nitrogens is 2. The van der Waals surface area contributed by atoms with Gasteiger partial charge in [-0.15, -0.1) is 0 Å². The molecule has 0 radical (unpaired) electrons. The van der Waals surface area contributed by atoms with Crippen LogP contribution in [0.2, 0.25) is 10.0 Å². The molecule has 1 fully saturated rings. The van der Waals surface area contributed by atoms with Crippen LogP contribution in [-0.2, 0) is 0 Å². The molecule has 5 heteroatoms. The van der Waals surface area contributed by atoms with Gasteiger partial charge in [0, 0.05) is 24.0 Å². The summed E-state index contributed by atoms with van der Waals surface area (Å²) in [5.41, 5.74) is 0.901. The molecule has 0 spiro atoms. The molecule has 2 heterocycles. The summed E-state index contributed by atoms with van der Waals surface area (Å²) in [5, 5.41) is 4.52. The van der Waals surface area contributed by atoms with E-state index in [9.17, 15) is 0 Å². The van der Waals surface area contributed by atoms with E-state index in [4.69, 9.17) is 23.2 Å². The van der Waals surface area contributed by atoms with Crippen molar-refractivity contribution in [3.05, 3.63) is 40.6 Å². The van der Waals surface area contributed by atoms with Gasteiger partial charge in [0.15, 0.2) is 0 Å². The van der Waals surface area contributed by atoms with Crippen molar-refractivity contribution in [2.75, 3.05) is 13.1 Å². The van der Waals surface area contributed by atoms with Gasteiger partial charge in [-0.2, -0.15) is 0 Å². The van der Waals surface area contributed by atoms with Crippen LogP contribution in [0.5, 0.6) is 0 Å². The number of hydrogen-bond donors (Lipinski definition) is 1. The first-order chi connectivity index (χ1) is 9.27. The summed E-state index contributed by atoms with van der Waals surface area (Å²) in [6.45, 7) is 2.09. The summed E-state index contributed by atoms with van der Waals surface area (Å²) in [5.74, 6) is 0.902. The molecule has 100 valence electrons. The van der Waals surface area contributed by atoms with Crippen molar-refractivity contribution in [2.45, 2.75) is 18.9 Å². The molecule has 0 unspecified atom stereocenters. The lowest BCUT2D eigenvalue weighted by Gasteiger charge is -2.25. The molecule has 1 aromatic heterocycles. The second-order valence-electron chi connectivity index (χ2n) is 4.74. The maximum atomic E-state index is 6.30. The number of rotatable bonds is 2. The summed E-state index contributed by atoms with van der Waals surface area (Å²) >= 11 is 12.4.